The molecule has 1 aromatic carbocycles. The summed E-state index contributed by atoms with van der Waals surface area (Å²) < 4.78 is 12.1. The van der Waals surface area contributed by atoms with Crippen molar-refractivity contribution >= 4 is 17.7 Å². The molecule has 1 aromatic rings. The third-order valence-corrected chi connectivity index (χ3v) is 4.74. The van der Waals surface area contributed by atoms with Gasteiger partial charge in [0, 0.05) is 4.90 Å². The van der Waals surface area contributed by atoms with Crippen LogP contribution in [0.4, 0.5) is 4.39 Å². The van der Waals surface area contributed by atoms with Gasteiger partial charge in [-0.3, -0.25) is 4.79 Å². The van der Waals surface area contributed by atoms with Crippen molar-refractivity contribution in [2.45, 2.75) is 35.8 Å². The zero-order valence-electron chi connectivity index (χ0n) is 9.65. The smallest absolute Gasteiger partial charge is 0.320 e. The largest absolute Gasteiger partial charge is 0.480 e. The van der Waals surface area contributed by atoms with Gasteiger partial charge in [-0.25, -0.2) is 4.39 Å². The van der Waals surface area contributed by atoms with E-state index in [2.05, 4.69) is 6.92 Å². The normalized spacial score (nSPS) is 27.5. The van der Waals surface area contributed by atoms with E-state index in [0.29, 0.717) is 18.8 Å². The molecule has 0 heterocycles. The Hall–Kier alpha value is -1.03. The van der Waals surface area contributed by atoms with Crippen LogP contribution in [0.1, 0.15) is 26.2 Å². The minimum absolute atomic E-state index is 0.293. The van der Waals surface area contributed by atoms with Gasteiger partial charge in [0.2, 0.25) is 0 Å². The average molecular weight is 254 g/mol. The summed E-state index contributed by atoms with van der Waals surface area (Å²) in [4.78, 5) is 12.2. The summed E-state index contributed by atoms with van der Waals surface area (Å²) in [7, 11) is 0. The van der Waals surface area contributed by atoms with Gasteiger partial charge in [-0.2, -0.15) is 0 Å². The van der Waals surface area contributed by atoms with Crippen LogP contribution in [-0.4, -0.2) is 15.8 Å². The first-order chi connectivity index (χ1) is 8.05. The van der Waals surface area contributed by atoms with Gasteiger partial charge in [-0.1, -0.05) is 13.3 Å². The number of carbonyl (C=O) groups is 1. The standard InChI is InChI=1S/C13H15FO2S/c1-2-9-7-13(8-9,12(15)16)17-11-5-3-10(14)4-6-11/h3-6,9H,2,7-8H2,1H3,(H,15,16). The summed E-state index contributed by atoms with van der Waals surface area (Å²) in [5.74, 6) is -0.533. The third kappa shape index (κ3) is 2.46. The fourth-order valence-electron chi connectivity index (χ4n) is 2.19. The predicted molar refractivity (Wildman–Crippen MR) is 65.6 cm³/mol. The Morgan fingerprint density at radius 2 is 2.06 bits per heavy atom. The molecule has 1 aliphatic rings. The van der Waals surface area contributed by atoms with Crippen LogP contribution in [-0.2, 0) is 4.79 Å². The zero-order chi connectivity index (χ0) is 12.5. The monoisotopic (exact) mass is 254 g/mol. The van der Waals surface area contributed by atoms with Gasteiger partial charge in [0.1, 0.15) is 10.6 Å². The van der Waals surface area contributed by atoms with Gasteiger partial charge >= 0.3 is 5.97 Å². The maximum absolute atomic E-state index is 12.8. The van der Waals surface area contributed by atoms with Crippen LogP contribution in [0.25, 0.3) is 0 Å². The number of halogens is 1. The molecule has 0 aliphatic heterocycles. The second-order valence-corrected chi connectivity index (χ2v) is 5.99. The van der Waals surface area contributed by atoms with Crippen LogP contribution < -0.4 is 0 Å². The predicted octanol–water partition coefficient (Wildman–Crippen LogP) is 3.56. The fourth-order valence-corrected chi connectivity index (χ4v) is 3.64. The van der Waals surface area contributed by atoms with E-state index in [1.54, 1.807) is 12.1 Å². The molecule has 0 spiro atoms. The Morgan fingerprint density at radius 1 is 1.47 bits per heavy atom. The molecule has 0 unspecified atom stereocenters. The Morgan fingerprint density at radius 3 is 2.53 bits per heavy atom. The zero-order valence-corrected chi connectivity index (χ0v) is 10.5. The van der Waals surface area contributed by atoms with Gasteiger partial charge in [0.05, 0.1) is 0 Å². The lowest BCUT2D eigenvalue weighted by Gasteiger charge is -2.43. The number of carboxylic acids is 1. The highest BCUT2D eigenvalue weighted by Gasteiger charge is 2.50. The van der Waals surface area contributed by atoms with Crippen molar-refractivity contribution in [3.8, 4) is 0 Å². The highest BCUT2D eigenvalue weighted by Crippen LogP contribution is 2.52. The Kier molecular flexibility index (Phi) is 3.43. The van der Waals surface area contributed by atoms with E-state index in [1.807, 2.05) is 0 Å². The van der Waals surface area contributed by atoms with Crippen molar-refractivity contribution in [1.29, 1.82) is 0 Å². The van der Waals surface area contributed by atoms with E-state index in [9.17, 15) is 14.3 Å². The molecule has 0 atom stereocenters. The van der Waals surface area contributed by atoms with Gasteiger partial charge in [-0.05, 0) is 43.0 Å². The Bertz CT molecular complexity index is 410. The first kappa shape index (κ1) is 12.4. The number of thioether (sulfide) groups is 1. The number of aliphatic carboxylic acids is 1. The molecule has 0 aromatic heterocycles. The molecular formula is C13H15FO2S. The van der Waals surface area contributed by atoms with Crippen LogP contribution in [0.5, 0.6) is 0 Å². The number of hydrogen-bond donors (Lipinski definition) is 1. The average Bonchev–Trinajstić information content (AvgIpc) is 2.25. The van der Waals surface area contributed by atoms with E-state index in [4.69, 9.17) is 0 Å². The van der Waals surface area contributed by atoms with E-state index in [-0.39, 0.29) is 5.82 Å². The highest BCUT2D eigenvalue weighted by molar-refractivity contribution is 8.01. The van der Waals surface area contributed by atoms with Crippen LogP contribution >= 0.6 is 11.8 Å². The molecule has 0 amide bonds. The maximum Gasteiger partial charge on any atom is 0.320 e. The van der Waals surface area contributed by atoms with Gasteiger partial charge < -0.3 is 5.11 Å². The van der Waals surface area contributed by atoms with Gasteiger partial charge in [0.15, 0.2) is 0 Å². The molecule has 4 heteroatoms. The van der Waals surface area contributed by atoms with Gasteiger partial charge in [0.25, 0.3) is 0 Å². The second-order valence-electron chi connectivity index (χ2n) is 4.54. The molecule has 0 saturated heterocycles. The van der Waals surface area contributed by atoms with Crippen LogP contribution in [0.3, 0.4) is 0 Å². The van der Waals surface area contributed by atoms with E-state index >= 15 is 0 Å². The number of rotatable bonds is 4. The molecule has 1 aliphatic carbocycles. The summed E-state index contributed by atoms with van der Waals surface area (Å²) in [6.45, 7) is 2.08. The summed E-state index contributed by atoms with van der Waals surface area (Å²) in [6.07, 6.45) is 2.45. The minimum Gasteiger partial charge on any atom is -0.480 e. The molecule has 17 heavy (non-hydrogen) atoms. The molecule has 0 radical (unpaired) electrons. The number of hydrogen-bond acceptors (Lipinski definition) is 2. The lowest BCUT2D eigenvalue weighted by molar-refractivity contribution is -0.143. The van der Waals surface area contributed by atoms with Crippen molar-refractivity contribution in [2.24, 2.45) is 5.92 Å². The van der Waals surface area contributed by atoms with Gasteiger partial charge in [-0.15, -0.1) is 11.8 Å². The third-order valence-electron chi connectivity index (χ3n) is 3.33. The van der Waals surface area contributed by atoms with E-state index < -0.39 is 10.7 Å². The molecule has 1 fully saturated rings. The second kappa shape index (κ2) is 4.69. The van der Waals surface area contributed by atoms with Crippen molar-refractivity contribution in [1.82, 2.24) is 0 Å². The quantitative estimate of drug-likeness (QED) is 0.892. The lowest BCUT2D eigenvalue weighted by atomic mass is 9.73. The summed E-state index contributed by atoms with van der Waals surface area (Å²) in [5, 5.41) is 9.32. The Balaban J connectivity index is 2.10. The van der Waals surface area contributed by atoms with E-state index in [0.717, 1.165) is 11.3 Å². The molecule has 0 bridgehead atoms. The van der Waals surface area contributed by atoms with Crippen molar-refractivity contribution in [2.75, 3.05) is 0 Å². The van der Waals surface area contributed by atoms with Crippen molar-refractivity contribution < 1.29 is 14.3 Å². The first-order valence-electron chi connectivity index (χ1n) is 5.74. The molecule has 2 nitrogen and oxygen atoms in total. The molecule has 2 rings (SSSR count). The Labute approximate surface area is 104 Å². The van der Waals surface area contributed by atoms with Crippen molar-refractivity contribution in [3.63, 3.8) is 0 Å². The van der Waals surface area contributed by atoms with Crippen LogP contribution in [0.2, 0.25) is 0 Å². The maximum atomic E-state index is 12.8. The van der Waals surface area contributed by atoms with Crippen molar-refractivity contribution in [3.05, 3.63) is 30.1 Å². The van der Waals surface area contributed by atoms with Crippen LogP contribution in [0, 0.1) is 11.7 Å². The fraction of sp³-hybridized carbons (Fsp3) is 0.462. The molecule has 1 saturated carbocycles. The van der Waals surface area contributed by atoms with Crippen LogP contribution in [0.15, 0.2) is 29.2 Å². The highest BCUT2D eigenvalue weighted by atomic mass is 32.2. The SMILES string of the molecule is CCC1CC(Sc2ccc(F)cc2)(C(=O)O)C1. The summed E-state index contributed by atoms with van der Waals surface area (Å²) >= 11 is 1.35. The lowest BCUT2D eigenvalue weighted by Crippen LogP contribution is -2.47. The molecule has 92 valence electrons. The minimum atomic E-state index is -0.753. The molecular weight excluding hydrogens is 239 g/mol. The number of carboxylic acid groups (broad SMARTS) is 1. The number of benzene rings is 1. The molecule has 1 N–H and O–H groups in total. The topological polar surface area (TPSA) is 37.3 Å². The first-order valence-corrected chi connectivity index (χ1v) is 6.55. The summed E-state index contributed by atoms with van der Waals surface area (Å²) in [6, 6.07) is 6.02. The summed E-state index contributed by atoms with van der Waals surface area (Å²) in [5.41, 5.74) is 0. The van der Waals surface area contributed by atoms with E-state index in [1.165, 1.54) is 23.9 Å².